The Hall–Kier alpha value is -1.91. The lowest BCUT2D eigenvalue weighted by Crippen LogP contribution is -2.22. The molecule has 5 nitrogen and oxygen atoms in total. The van der Waals surface area contributed by atoms with Crippen LogP contribution in [0.4, 0.5) is 5.69 Å². The van der Waals surface area contributed by atoms with E-state index in [2.05, 4.69) is 5.32 Å². The molecular formula is C13H17NO4. The van der Waals surface area contributed by atoms with Gasteiger partial charge < -0.3 is 19.5 Å². The number of fused-ring (bicyclic) bond motifs is 1. The van der Waals surface area contributed by atoms with E-state index in [4.69, 9.17) is 14.2 Å². The summed E-state index contributed by atoms with van der Waals surface area (Å²) in [7, 11) is 0. The lowest BCUT2D eigenvalue weighted by molar-refractivity contribution is -0.146. The van der Waals surface area contributed by atoms with Crippen LogP contribution in [0.2, 0.25) is 0 Å². The van der Waals surface area contributed by atoms with E-state index < -0.39 is 0 Å². The Morgan fingerprint density at radius 3 is 3.00 bits per heavy atom. The van der Waals surface area contributed by atoms with Crippen LogP contribution in [0.15, 0.2) is 18.2 Å². The van der Waals surface area contributed by atoms with E-state index in [1.54, 1.807) is 6.92 Å². The van der Waals surface area contributed by atoms with Crippen LogP contribution in [-0.4, -0.2) is 25.9 Å². The van der Waals surface area contributed by atoms with Gasteiger partial charge in [0, 0.05) is 18.3 Å². The first-order chi connectivity index (χ1) is 8.70. The molecule has 0 aromatic heterocycles. The van der Waals surface area contributed by atoms with Crippen LogP contribution in [0.3, 0.4) is 0 Å². The van der Waals surface area contributed by atoms with Gasteiger partial charge in [0.15, 0.2) is 11.5 Å². The summed E-state index contributed by atoms with van der Waals surface area (Å²) in [6.45, 7) is 4.83. The number of carbonyl (C=O) groups excluding carboxylic acids is 1. The monoisotopic (exact) mass is 251 g/mol. The van der Waals surface area contributed by atoms with Crippen molar-refractivity contribution < 1.29 is 19.0 Å². The van der Waals surface area contributed by atoms with E-state index in [1.807, 2.05) is 25.1 Å². The molecule has 5 heteroatoms. The Morgan fingerprint density at radius 1 is 1.44 bits per heavy atom. The second kappa shape index (κ2) is 5.62. The van der Waals surface area contributed by atoms with Crippen molar-refractivity contribution in [2.75, 3.05) is 25.3 Å². The summed E-state index contributed by atoms with van der Waals surface area (Å²) < 4.78 is 15.4. The molecular weight excluding hydrogens is 234 g/mol. The average Bonchev–Trinajstić information content (AvgIpc) is 2.83. The SMILES string of the molecule is CCOC(=O)C(C)CNc1ccc2c(c1)OCO2. The molecule has 1 heterocycles. The molecule has 0 saturated heterocycles. The van der Waals surface area contributed by atoms with Gasteiger partial charge in [0.05, 0.1) is 12.5 Å². The number of ether oxygens (including phenoxy) is 3. The summed E-state index contributed by atoms with van der Waals surface area (Å²) in [4.78, 5) is 11.4. The zero-order chi connectivity index (χ0) is 13.0. The molecule has 1 aromatic rings. The maximum absolute atomic E-state index is 11.4. The summed E-state index contributed by atoms with van der Waals surface area (Å²) in [6, 6.07) is 5.60. The molecule has 0 fully saturated rings. The largest absolute Gasteiger partial charge is 0.466 e. The van der Waals surface area contributed by atoms with E-state index in [0.717, 1.165) is 17.2 Å². The first-order valence-electron chi connectivity index (χ1n) is 6.01. The molecule has 1 aliphatic rings. The number of anilines is 1. The van der Waals surface area contributed by atoms with Crippen LogP contribution in [0.25, 0.3) is 0 Å². The summed E-state index contributed by atoms with van der Waals surface area (Å²) in [6.07, 6.45) is 0. The number of rotatable bonds is 5. The number of nitrogens with one attached hydrogen (secondary N) is 1. The minimum absolute atomic E-state index is 0.185. The molecule has 98 valence electrons. The fraction of sp³-hybridized carbons (Fsp3) is 0.462. The molecule has 1 aliphatic heterocycles. The molecule has 1 aromatic carbocycles. The predicted molar refractivity (Wildman–Crippen MR) is 66.9 cm³/mol. The number of carbonyl (C=O) groups is 1. The fourth-order valence-corrected chi connectivity index (χ4v) is 1.65. The van der Waals surface area contributed by atoms with Gasteiger partial charge in [-0.3, -0.25) is 4.79 Å². The quantitative estimate of drug-likeness (QED) is 0.811. The Morgan fingerprint density at radius 2 is 2.22 bits per heavy atom. The van der Waals surface area contributed by atoms with Crippen molar-refractivity contribution in [1.29, 1.82) is 0 Å². The van der Waals surface area contributed by atoms with Gasteiger partial charge in [0.2, 0.25) is 6.79 Å². The zero-order valence-corrected chi connectivity index (χ0v) is 10.6. The van der Waals surface area contributed by atoms with Crippen molar-refractivity contribution in [2.24, 2.45) is 5.92 Å². The Bertz CT molecular complexity index is 433. The fourth-order valence-electron chi connectivity index (χ4n) is 1.65. The van der Waals surface area contributed by atoms with Crippen molar-refractivity contribution >= 4 is 11.7 Å². The lowest BCUT2D eigenvalue weighted by atomic mass is 10.2. The minimum Gasteiger partial charge on any atom is -0.466 e. The van der Waals surface area contributed by atoms with Gasteiger partial charge in [-0.1, -0.05) is 6.92 Å². The summed E-state index contributed by atoms with van der Waals surface area (Å²) >= 11 is 0. The average molecular weight is 251 g/mol. The van der Waals surface area contributed by atoms with Gasteiger partial charge >= 0.3 is 5.97 Å². The van der Waals surface area contributed by atoms with Gasteiger partial charge in [-0.15, -0.1) is 0 Å². The van der Waals surface area contributed by atoms with Gasteiger partial charge in [-0.05, 0) is 19.1 Å². The molecule has 0 aliphatic carbocycles. The highest BCUT2D eigenvalue weighted by Crippen LogP contribution is 2.34. The van der Waals surface area contributed by atoms with E-state index in [0.29, 0.717) is 13.2 Å². The Labute approximate surface area is 106 Å². The van der Waals surface area contributed by atoms with Crippen LogP contribution in [0, 0.1) is 5.92 Å². The van der Waals surface area contributed by atoms with Crippen molar-refractivity contribution in [3.8, 4) is 11.5 Å². The van der Waals surface area contributed by atoms with E-state index in [9.17, 15) is 4.79 Å². The molecule has 0 saturated carbocycles. The molecule has 1 atom stereocenters. The van der Waals surface area contributed by atoms with Crippen LogP contribution >= 0.6 is 0 Å². The maximum Gasteiger partial charge on any atom is 0.310 e. The normalized spacial score (nSPS) is 14.1. The van der Waals surface area contributed by atoms with Crippen LogP contribution in [0.1, 0.15) is 13.8 Å². The number of esters is 1. The Kier molecular flexibility index (Phi) is 3.92. The lowest BCUT2D eigenvalue weighted by Gasteiger charge is -2.12. The molecule has 0 radical (unpaired) electrons. The van der Waals surface area contributed by atoms with Crippen LogP contribution in [0.5, 0.6) is 11.5 Å². The third-order valence-corrected chi connectivity index (χ3v) is 2.67. The second-order valence-corrected chi connectivity index (χ2v) is 4.10. The van der Waals surface area contributed by atoms with Crippen LogP contribution in [-0.2, 0) is 9.53 Å². The number of hydrogen-bond acceptors (Lipinski definition) is 5. The van der Waals surface area contributed by atoms with Crippen molar-refractivity contribution in [2.45, 2.75) is 13.8 Å². The van der Waals surface area contributed by atoms with Crippen molar-refractivity contribution in [3.05, 3.63) is 18.2 Å². The number of hydrogen-bond donors (Lipinski definition) is 1. The van der Waals surface area contributed by atoms with E-state index in [-0.39, 0.29) is 18.7 Å². The van der Waals surface area contributed by atoms with Gasteiger partial charge in [0.1, 0.15) is 0 Å². The number of benzene rings is 1. The molecule has 2 rings (SSSR count). The summed E-state index contributed by atoms with van der Waals surface area (Å²) in [5.74, 6) is 1.10. The van der Waals surface area contributed by atoms with Crippen molar-refractivity contribution in [3.63, 3.8) is 0 Å². The molecule has 0 amide bonds. The van der Waals surface area contributed by atoms with Crippen molar-refractivity contribution in [1.82, 2.24) is 0 Å². The third kappa shape index (κ3) is 2.85. The minimum atomic E-state index is -0.189. The van der Waals surface area contributed by atoms with Gasteiger partial charge in [0.25, 0.3) is 0 Å². The van der Waals surface area contributed by atoms with Gasteiger partial charge in [-0.2, -0.15) is 0 Å². The molecule has 1 unspecified atom stereocenters. The first kappa shape index (κ1) is 12.5. The van der Waals surface area contributed by atoms with E-state index in [1.165, 1.54) is 0 Å². The highest BCUT2D eigenvalue weighted by molar-refractivity contribution is 5.72. The summed E-state index contributed by atoms with van der Waals surface area (Å²) in [5, 5.41) is 3.18. The maximum atomic E-state index is 11.4. The standard InChI is InChI=1S/C13H17NO4/c1-3-16-13(15)9(2)7-14-10-4-5-11-12(6-10)18-8-17-11/h4-6,9,14H,3,7-8H2,1-2H3. The molecule has 18 heavy (non-hydrogen) atoms. The third-order valence-electron chi connectivity index (χ3n) is 2.67. The predicted octanol–water partition coefficient (Wildman–Crippen LogP) is 2.03. The van der Waals surface area contributed by atoms with E-state index >= 15 is 0 Å². The molecule has 0 bridgehead atoms. The van der Waals surface area contributed by atoms with Crippen LogP contribution < -0.4 is 14.8 Å². The topological polar surface area (TPSA) is 56.8 Å². The second-order valence-electron chi connectivity index (χ2n) is 4.10. The summed E-state index contributed by atoms with van der Waals surface area (Å²) in [5.41, 5.74) is 0.899. The molecule has 0 spiro atoms. The highest BCUT2D eigenvalue weighted by Gasteiger charge is 2.15. The smallest absolute Gasteiger partial charge is 0.310 e. The van der Waals surface area contributed by atoms with Gasteiger partial charge in [-0.25, -0.2) is 0 Å². The zero-order valence-electron chi connectivity index (χ0n) is 10.6. The highest BCUT2D eigenvalue weighted by atomic mass is 16.7. The Balaban J connectivity index is 1.88. The first-order valence-corrected chi connectivity index (χ1v) is 6.01. The molecule has 1 N–H and O–H groups in total.